The summed E-state index contributed by atoms with van der Waals surface area (Å²) in [5.41, 5.74) is 3.83. The first-order chi connectivity index (χ1) is 13.0. The van der Waals surface area contributed by atoms with Crippen LogP contribution >= 0.6 is 15.9 Å². The lowest BCUT2D eigenvalue weighted by molar-refractivity contribution is -0.117. The van der Waals surface area contributed by atoms with Crippen molar-refractivity contribution in [3.63, 3.8) is 0 Å². The van der Waals surface area contributed by atoms with Crippen molar-refractivity contribution in [2.45, 2.75) is 0 Å². The third-order valence-corrected chi connectivity index (χ3v) is 4.31. The van der Waals surface area contributed by atoms with E-state index in [1.807, 2.05) is 6.07 Å². The molecule has 1 fully saturated rings. The Labute approximate surface area is 165 Å². The number of methoxy groups -OCH3 is 1. The van der Waals surface area contributed by atoms with Gasteiger partial charge in [-0.1, -0.05) is 40.7 Å². The first-order valence-corrected chi connectivity index (χ1v) is 8.87. The maximum atomic E-state index is 12.7. The van der Waals surface area contributed by atoms with Crippen molar-refractivity contribution in [3.05, 3.63) is 70.7 Å². The van der Waals surface area contributed by atoms with Crippen LogP contribution in [0.15, 0.2) is 65.2 Å². The summed E-state index contributed by atoms with van der Waals surface area (Å²) in [6.45, 7) is 3.95. The molecule has 1 N–H and O–H groups in total. The van der Waals surface area contributed by atoms with Crippen molar-refractivity contribution in [1.82, 2.24) is 5.43 Å². The topological polar surface area (TPSA) is 67.9 Å². The second kappa shape index (κ2) is 8.09. The second-order valence-corrected chi connectivity index (χ2v) is 6.55. The van der Waals surface area contributed by atoms with Crippen molar-refractivity contribution in [2.24, 2.45) is 0 Å². The van der Waals surface area contributed by atoms with Gasteiger partial charge in [0.2, 0.25) is 0 Å². The van der Waals surface area contributed by atoms with Crippen LogP contribution in [0, 0.1) is 0 Å². The van der Waals surface area contributed by atoms with E-state index < -0.39 is 11.8 Å². The smallest absolute Gasteiger partial charge is 0.282 e. The Balaban J connectivity index is 1.89. The molecule has 1 heterocycles. The molecule has 1 saturated heterocycles. The predicted octanol–water partition coefficient (Wildman–Crippen LogP) is 3.48. The van der Waals surface area contributed by atoms with Gasteiger partial charge in [0.1, 0.15) is 12.2 Å². The highest BCUT2D eigenvalue weighted by atomic mass is 79.9. The molecular formula is C20H17BrN2O4. The molecule has 0 bridgehead atoms. The van der Waals surface area contributed by atoms with E-state index in [4.69, 9.17) is 9.47 Å². The fourth-order valence-electron chi connectivity index (χ4n) is 2.56. The van der Waals surface area contributed by atoms with Gasteiger partial charge in [-0.2, -0.15) is 0 Å². The molecule has 2 amide bonds. The number of nitrogens with zero attached hydrogens (tertiary/aromatic N) is 1. The molecule has 0 unspecified atom stereocenters. The zero-order valence-electron chi connectivity index (χ0n) is 14.6. The number of carbonyl (C=O) groups excluding carboxylic acids is 2. The lowest BCUT2D eigenvalue weighted by Gasteiger charge is -2.14. The Kier molecular flexibility index (Phi) is 5.61. The molecule has 0 aliphatic carbocycles. The highest BCUT2D eigenvalue weighted by Crippen LogP contribution is 2.30. The molecule has 138 valence electrons. The van der Waals surface area contributed by atoms with E-state index in [-0.39, 0.29) is 5.57 Å². The monoisotopic (exact) mass is 428 g/mol. The van der Waals surface area contributed by atoms with E-state index in [0.717, 1.165) is 4.47 Å². The normalized spacial score (nSPS) is 15.0. The molecular weight excluding hydrogens is 412 g/mol. The van der Waals surface area contributed by atoms with Crippen LogP contribution in [0.2, 0.25) is 0 Å². The van der Waals surface area contributed by atoms with Crippen LogP contribution < -0.4 is 19.9 Å². The maximum absolute atomic E-state index is 12.7. The summed E-state index contributed by atoms with van der Waals surface area (Å²) in [6.07, 6.45) is 3.16. The zero-order chi connectivity index (χ0) is 19.4. The highest BCUT2D eigenvalue weighted by Gasteiger charge is 2.34. The molecule has 1 aliphatic heterocycles. The van der Waals surface area contributed by atoms with E-state index in [1.165, 1.54) is 18.2 Å². The Morgan fingerprint density at radius 1 is 1.19 bits per heavy atom. The standard InChI is InChI=1S/C20H17BrN2O4/c1-3-9-27-17-8-7-13(11-18(17)26-2)10-16-19(24)22-23(20(16)25)15-6-4-5-14(21)12-15/h3-8,10-12H,1,9H2,2H3,(H,22,24). The molecule has 0 spiro atoms. The van der Waals surface area contributed by atoms with Gasteiger partial charge in [0.05, 0.1) is 12.8 Å². The van der Waals surface area contributed by atoms with Gasteiger partial charge < -0.3 is 9.47 Å². The largest absolute Gasteiger partial charge is 0.493 e. The number of nitrogens with one attached hydrogen (secondary N) is 1. The molecule has 2 aromatic carbocycles. The fraction of sp³-hybridized carbons (Fsp3) is 0.100. The van der Waals surface area contributed by atoms with Crippen molar-refractivity contribution in [1.29, 1.82) is 0 Å². The number of benzene rings is 2. The SMILES string of the molecule is C=CCOc1ccc(C=C2C(=O)NN(c3cccc(Br)c3)C2=O)cc1OC. The summed E-state index contributed by atoms with van der Waals surface area (Å²) < 4.78 is 11.6. The highest BCUT2D eigenvalue weighted by molar-refractivity contribution is 9.10. The lowest BCUT2D eigenvalue weighted by Crippen LogP contribution is -2.35. The van der Waals surface area contributed by atoms with Gasteiger partial charge in [0, 0.05) is 4.47 Å². The quantitative estimate of drug-likeness (QED) is 0.434. The van der Waals surface area contributed by atoms with E-state index in [9.17, 15) is 9.59 Å². The molecule has 27 heavy (non-hydrogen) atoms. The Morgan fingerprint density at radius 3 is 2.70 bits per heavy atom. The Hall–Kier alpha value is -3.06. The van der Waals surface area contributed by atoms with Gasteiger partial charge in [0.15, 0.2) is 11.5 Å². The Bertz CT molecular complexity index is 939. The summed E-state index contributed by atoms with van der Waals surface area (Å²) in [6, 6.07) is 12.3. The number of ether oxygens (including phenoxy) is 2. The number of hydrogen-bond donors (Lipinski definition) is 1. The van der Waals surface area contributed by atoms with Crippen molar-refractivity contribution in [2.75, 3.05) is 18.7 Å². The van der Waals surface area contributed by atoms with Gasteiger partial charge >= 0.3 is 0 Å². The van der Waals surface area contributed by atoms with E-state index in [0.29, 0.717) is 29.4 Å². The van der Waals surface area contributed by atoms with Crippen molar-refractivity contribution >= 4 is 39.5 Å². The molecule has 0 saturated carbocycles. The van der Waals surface area contributed by atoms with Gasteiger partial charge in [0.25, 0.3) is 11.8 Å². The molecule has 0 atom stereocenters. The maximum Gasteiger partial charge on any atom is 0.282 e. The molecule has 0 radical (unpaired) electrons. The number of hydrogen-bond acceptors (Lipinski definition) is 4. The van der Waals surface area contributed by atoms with Crippen LogP contribution in [-0.2, 0) is 9.59 Å². The number of hydrazine groups is 1. The number of anilines is 1. The zero-order valence-corrected chi connectivity index (χ0v) is 16.2. The van der Waals surface area contributed by atoms with Crippen LogP contribution in [0.3, 0.4) is 0 Å². The summed E-state index contributed by atoms with van der Waals surface area (Å²) in [5, 5.41) is 1.22. The summed E-state index contributed by atoms with van der Waals surface area (Å²) in [4.78, 5) is 25.0. The third kappa shape index (κ3) is 4.03. The fourth-order valence-corrected chi connectivity index (χ4v) is 2.95. The van der Waals surface area contributed by atoms with Crippen LogP contribution in [0.4, 0.5) is 5.69 Å². The van der Waals surface area contributed by atoms with Gasteiger partial charge in [-0.15, -0.1) is 0 Å². The first kappa shape index (κ1) is 18.7. The Morgan fingerprint density at radius 2 is 2.00 bits per heavy atom. The van der Waals surface area contributed by atoms with E-state index >= 15 is 0 Å². The molecule has 0 aromatic heterocycles. The molecule has 6 nitrogen and oxygen atoms in total. The molecule has 7 heteroatoms. The van der Waals surface area contributed by atoms with Crippen LogP contribution in [-0.4, -0.2) is 25.5 Å². The van der Waals surface area contributed by atoms with Crippen LogP contribution in [0.5, 0.6) is 11.5 Å². The third-order valence-electron chi connectivity index (χ3n) is 3.81. The minimum absolute atomic E-state index is 0.0387. The van der Waals surface area contributed by atoms with E-state index in [2.05, 4.69) is 27.9 Å². The summed E-state index contributed by atoms with van der Waals surface area (Å²) >= 11 is 3.36. The number of rotatable bonds is 6. The lowest BCUT2D eigenvalue weighted by atomic mass is 10.1. The van der Waals surface area contributed by atoms with Gasteiger partial charge in [-0.3, -0.25) is 15.0 Å². The molecule has 3 rings (SSSR count). The molecule has 2 aromatic rings. The average molecular weight is 429 g/mol. The van der Waals surface area contributed by atoms with Crippen LogP contribution in [0.25, 0.3) is 6.08 Å². The van der Waals surface area contributed by atoms with Gasteiger partial charge in [-0.05, 0) is 42.0 Å². The minimum Gasteiger partial charge on any atom is -0.493 e. The number of carbonyl (C=O) groups is 2. The predicted molar refractivity (Wildman–Crippen MR) is 106 cm³/mol. The minimum atomic E-state index is -0.467. The number of halogens is 1. The summed E-state index contributed by atoms with van der Waals surface area (Å²) in [7, 11) is 1.52. The van der Waals surface area contributed by atoms with Crippen LogP contribution in [0.1, 0.15) is 5.56 Å². The van der Waals surface area contributed by atoms with Crippen molar-refractivity contribution < 1.29 is 19.1 Å². The first-order valence-electron chi connectivity index (χ1n) is 8.08. The molecule has 1 aliphatic rings. The average Bonchev–Trinajstić information content (AvgIpc) is 2.95. The van der Waals surface area contributed by atoms with Crippen molar-refractivity contribution in [3.8, 4) is 11.5 Å². The van der Waals surface area contributed by atoms with E-state index in [1.54, 1.807) is 42.5 Å². The summed E-state index contributed by atoms with van der Waals surface area (Å²) in [5.74, 6) is 0.161. The van der Waals surface area contributed by atoms with Gasteiger partial charge in [-0.25, -0.2) is 5.01 Å². The number of amides is 2. The second-order valence-electron chi connectivity index (χ2n) is 5.63.